The molecule has 210 valence electrons. The van der Waals surface area contributed by atoms with E-state index in [0.717, 1.165) is 36.7 Å². The van der Waals surface area contributed by atoms with E-state index in [4.69, 9.17) is 15.0 Å². The van der Waals surface area contributed by atoms with Crippen LogP contribution in [0.15, 0.2) is 0 Å². The number of aromatic nitrogens is 3. The van der Waals surface area contributed by atoms with Gasteiger partial charge in [-0.15, -0.1) is 0 Å². The van der Waals surface area contributed by atoms with Crippen LogP contribution in [-0.2, 0) is 19.3 Å². The van der Waals surface area contributed by atoms with Crippen molar-refractivity contribution in [3.63, 3.8) is 0 Å². The van der Waals surface area contributed by atoms with Crippen molar-refractivity contribution < 1.29 is 0 Å². The number of nitrogens with zero attached hydrogens (tertiary/aromatic N) is 3. The molecule has 1 aromatic rings. The molecular formula is C33H63N3. The lowest BCUT2D eigenvalue weighted by Crippen LogP contribution is -2.08. The Bertz CT molecular complexity index is 493. The van der Waals surface area contributed by atoms with Crippen molar-refractivity contribution in [2.75, 3.05) is 0 Å². The summed E-state index contributed by atoms with van der Waals surface area (Å²) in [7, 11) is 0. The zero-order valence-electron chi connectivity index (χ0n) is 24.9. The summed E-state index contributed by atoms with van der Waals surface area (Å²) in [5.41, 5.74) is 0. The minimum Gasteiger partial charge on any atom is -0.218 e. The molecule has 0 aliphatic carbocycles. The molecule has 0 unspecified atom stereocenters. The third-order valence-electron chi connectivity index (χ3n) is 7.54. The third kappa shape index (κ3) is 20.1. The highest BCUT2D eigenvalue weighted by Crippen LogP contribution is 2.14. The maximum absolute atomic E-state index is 4.91. The first kappa shape index (κ1) is 33.0. The Labute approximate surface area is 226 Å². The van der Waals surface area contributed by atoms with Gasteiger partial charge < -0.3 is 0 Å². The van der Waals surface area contributed by atoms with Gasteiger partial charge in [0.1, 0.15) is 17.5 Å². The molecule has 3 heteroatoms. The second-order valence-electron chi connectivity index (χ2n) is 11.3. The van der Waals surface area contributed by atoms with Crippen molar-refractivity contribution in [1.82, 2.24) is 15.0 Å². The van der Waals surface area contributed by atoms with Gasteiger partial charge in [-0.25, -0.2) is 15.0 Å². The van der Waals surface area contributed by atoms with Crippen molar-refractivity contribution in [1.29, 1.82) is 0 Å². The standard InChI is InChI=1S/C33H63N3/c1-4-7-10-13-16-19-22-25-28-31-34-32(29-26-23-20-17-14-11-8-5-2)36-33(35-31)30-27-24-21-18-15-12-9-6-3/h4-30H2,1-3H3. The van der Waals surface area contributed by atoms with E-state index in [2.05, 4.69) is 20.8 Å². The molecule has 0 amide bonds. The van der Waals surface area contributed by atoms with Crippen LogP contribution in [0.25, 0.3) is 0 Å². The minimum absolute atomic E-state index is 1.03. The van der Waals surface area contributed by atoms with E-state index in [0.29, 0.717) is 0 Å². The number of aryl methyl sites for hydroxylation is 3. The van der Waals surface area contributed by atoms with Crippen molar-refractivity contribution in [3.05, 3.63) is 17.5 Å². The Morgan fingerprint density at radius 3 is 0.694 bits per heavy atom. The van der Waals surface area contributed by atoms with Crippen LogP contribution in [0, 0.1) is 0 Å². The largest absolute Gasteiger partial charge is 0.218 e. The van der Waals surface area contributed by atoms with E-state index in [9.17, 15) is 0 Å². The molecule has 0 saturated heterocycles. The second kappa shape index (κ2) is 25.7. The summed E-state index contributed by atoms with van der Waals surface area (Å²) in [6.07, 6.45) is 35.7. The zero-order chi connectivity index (χ0) is 25.9. The van der Waals surface area contributed by atoms with Crippen LogP contribution < -0.4 is 0 Å². The van der Waals surface area contributed by atoms with Crippen LogP contribution in [0.1, 0.15) is 192 Å². The summed E-state index contributed by atoms with van der Waals surface area (Å²) in [4.78, 5) is 14.7. The lowest BCUT2D eigenvalue weighted by molar-refractivity contribution is 0.557. The Morgan fingerprint density at radius 1 is 0.278 bits per heavy atom. The number of unbranched alkanes of at least 4 members (excludes halogenated alkanes) is 21. The maximum Gasteiger partial charge on any atom is 0.132 e. The van der Waals surface area contributed by atoms with Crippen LogP contribution in [0.5, 0.6) is 0 Å². The van der Waals surface area contributed by atoms with Gasteiger partial charge in [-0.2, -0.15) is 0 Å². The molecule has 36 heavy (non-hydrogen) atoms. The number of hydrogen-bond acceptors (Lipinski definition) is 3. The van der Waals surface area contributed by atoms with E-state index in [1.54, 1.807) is 0 Å². The molecule has 1 heterocycles. The second-order valence-corrected chi connectivity index (χ2v) is 11.3. The van der Waals surface area contributed by atoms with Gasteiger partial charge >= 0.3 is 0 Å². The van der Waals surface area contributed by atoms with Crippen LogP contribution in [-0.4, -0.2) is 15.0 Å². The van der Waals surface area contributed by atoms with Crippen molar-refractivity contribution in [3.8, 4) is 0 Å². The molecule has 0 atom stereocenters. The molecule has 1 rings (SSSR count). The molecule has 0 radical (unpaired) electrons. The van der Waals surface area contributed by atoms with E-state index in [1.165, 1.54) is 154 Å². The molecule has 0 aromatic carbocycles. The van der Waals surface area contributed by atoms with E-state index in [-0.39, 0.29) is 0 Å². The van der Waals surface area contributed by atoms with E-state index in [1.807, 2.05) is 0 Å². The summed E-state index contributed by atoms with van der Waals surface area (Å²) in [5.74, 6) is 3.21. The Balaban J connectivity index is 2.40. The fraction of sp³-hybridized carbons (Fsp3) is 0.909. The monoisotopic (exact) mass is 502 g/mol. The highest BCUT2D eigenvalue weighted by atomic mass is 15.0. The highest BCUT2D eigenvalue weighted by molar-refractivity contribution is 4.99. The van der Waals surface area contributed by atoms with Crippen LogP contribution in [0.3, 0.4) is 0 Å². The molecule has 1 aromatic heterocycles. The molecular weight excluding hydrogens is 438 g/mol. The van der Waals surface area contributed by atoms with Gasteiger partial charge in [-0.05, 0) is 19.3 Å². The third-order valence-corrected chi connectivity index (χ3v) is 7.54. The average molecular weight is 502 g/mol. The quantitative estimate of drug-likeness (QED) is 0.112. The van der Waals surface area contributed by atoms with Gasteiger partial charge in [0.25, 0.3) is 0 Å². The molecule has 0 N–H and O–H groups in total. The fourth-order valence-electron chi connectivity index (χ4n) is 5.11. The molecule has 0 saturated carbocycles. The molecule has 0 spiro atoms. The molecule has 0 bridgehead atoms. The first-order valence-electron chi connectivity index (χ1n) is 16.5. The topological polar surface area (TPSA) is 38.7 Å². The predicted molar refractivity (Wildman–Crippen MR) is 159 cm³/mol. The van der Waals surface area contributed by atoms with Crippen molar-refractivity contribution in [2.24, 2.45) is 0 Å². The summed E-state index contributed by atoms with van der Waals surface area (Å²) in [6, 6.07) is 0. The van der Waals surface area contributed by atoms with Crippen molar-refractivity contribution in [2.45, 2.75) is 194 Å². The van der Waals surface area contributed by atoms with Crippen LogP contribution in [0.2, 0.25) is 0 Å². The predicted octanol–water partition coefficient (Wildman–Crippen LogP) is 10.9. The lowest BCUT2D eigenvalue weighted by atomic mass is 10.1. The average Bonchev–Trinajstić information content (AvgIpc) is 2.89. The fourth-order valence-corrected chi connectivity index (χ4v) is 5.11. The van der Waals surface area contributed by atoms with Gasteiger partial charge in [0.05, 0.1) is 0 Å². The molecule has 0 aliphatic heterocycles. The zero-order valence-corrected chi connectivity index (χ0v) is 24.9. The molecule has 0 fully saturated rings. The molecule has 0 aliphatic rings. The van der Waals surface area contributed by atoms with E-state index < -0.39 is 0 Å². The summed E-state index contributed by atoms with van der Waals surface area (Å²) in [6.45, 7) is 6.88. The Morgan fingerprint density at radius 2 is 0.472 bits per heavy atom. The maximum atomic E-state index is 4.91. The Hall–Kier alpha value is -0.990. The highest BCUT2D eigenvalue weighted by Gasteiger charge is 2.08. The normalized spacial score (nSPS) is 11.4. The molecule has 3 nitrogen and oxygen atoms in total. The summed E-state index contributed by atoms with van der Waals surface area (Å²) >= 11 is 0. The summed E-state index contributed by atoms with van der Waals surface area (Å²) < 4.78 is 0. The first-order valence-corrected chi connectivity index (χ1v) is 16.5. The number of rotatable bonds is 27. The van der Waals surface area contributed by atoms with E-state index >= 15 is 0 Å². The SMILES string of the molecule is CCCCCCCCCCc1nc(CCCCCCCCCC)nc(CCCCCCCCCC)n1. The minimum atomic E-state index is 1.03. The van der Waals surface area contributed by atoms with Gasteiger partial charge in [0, 0.05) is 19.3 Å². The van der Waals surface area contributed by atoms with Crippen molar-refractivity contribution >= 4 is 0 Å². The van der Waals surface area contributed by atoms with Gasteiger partial charge in [-0.1, -0.05) is 156 Å². The number of hydrogen-bond donors (Lipinski definition) is 0. The Kier molecular flexibility index (Phi) is 23.5. The van der Waals surface area contributed by atoms with Crippen LogP contribution >= 0.6 is 0 Å². The first-order chi connectivity index (χ1) is 17.8. The summed E-state index contributed by atoms with van der Waals surface area (Å²) in [5, 5.41) is 0. The van der Waals surface area contributed by atoms with Crippen LogP contribution in [0.4, 0.5) is 0 Å². The lowest BCUT2D eigenvalue weighted by Gasteiger charge is -2.08. The van der Waals surface area contributed by atoms with Gasteiger partial charge in [0.2, 0.25) is 0 Å². The van der Waals surface area contributed by atoms with Gasteiger partial charge in [-0.3, -0.25) is 0 Å². The smallest absolute Gasteiger partial charge is 0.132 e. The van der Waals surface area contributed by atoms with Gasteiger partial charge in [0.15, 0.2) is 0 Å².